The van der Waals surface area contributed by atoms with Crippen molar-refractivity contribution in [3.8, 4) is 10.6 Å². The van der Waals surface area contributed by atoms with Crippen molar-refractivity contribution in [2.75, 3.05) is 11.4 Å². The average molecular weight is 392 g/mol. The maximum Gasteiger partial charge on any atom is 0.241 e. The monoisotopic (exact) mass is 392 g/mol. The minimum Gasteiger partial charge on any atom is -0.322 e. The molecule has 1 amide bonds. The van der Waals surface area contributed by atoms with Crippen molar-refractivity contribution < 1.29 is 9.18 Å². The van der Waals surface area contributed by atoms with Gasteiger partial charge in [0.15, 0.2) is 0 Å². The third kappa shape index (κ3) is 3.76. The van der Waals surface area contributed by atoms with Crippen molar-refractivity contribution in [1.29, 1.82) is 0 Å². The standard InChI is InChI=1S/C21H17FN4OS/c22-16-8-15(21-25-18-5-1-2-6-19(18)28-21)9-17(10-16)26(20(27)11-23)13-14-4-3-7-24-12-14/h1-10,12H,11,13,23H2. The van der Waals surface area contributed by atoms with Gasteiger partial charge in [-0.25, -0.2) is 9.37 Å². The summed E-state index contributed by atoms with van der Waals surface area (Å²) in [6.45, 7) is 0.0832. The normalized spacial score (nSPS) is 10.9. The number of amides is 1. The van der Waals surface area contributed by atoms with Crippen LogP contribution in [-0.4, -0.2) is 22.4 Å². The number of thiazole rings is 1. The Morgan fingerprint density at radius 2 is 2.00 bits per heavy atom. The molecular weight excluding hydrogens is 375 g/mol. The number of benzene rings is 2. The molecule has 2 heterocycles. The second-order valence-electron chi connectivity index (χ2n) is 6.23. The van der Waals surface area contributed by atoms with Gasteiger partial charge < -0.3 is 10.6 Å². The van der Waals surface area contributed by atoms with Crippen LogP contribution in [0.1, 0.15) is 5.56 Å². The number of carbonyl (C=O) groups is 1. The van der Waals surface area contributed by atoms with Gasteiger partial charge >= 0.3 is 0 Å². The number of halogens is 1. The van der Waals surface area contributed by atoms with Crippen molar-refractivity contribution in [3.63, 3.8) is 0 Å². The van der Waals surface area contributed by atoms with Gasteiger partial charge in [-0.2, -0.15) is 0 Å². The van der Waals surface area contributed by atoms with Gasteiger partial charge in [-0.15, -0.1) is 11.3 Å². The summed E-state index contributed by atoms with van der Waals surface area (Å²) in [7, 11) is 0. The highest BCUT2D eigenvalue weighted by atomic mass is 32.1. The molecule has 0 unspecified atom stereocenters. The van der Waals surface area contributed by atoms with Crippen molar-refractivity contribution >= 4 is 33.1 Å². The number of anilines is 1. The van der Waals surface area contributed by atoms with Crippen LogP contribution in [0, 0.1) is 5.82 Å². The summed E-state index contributed by atoms with van der Waals surface area (Å²) in [4.78, 5) is 22.6. The summed E-state index contributed by atoms with van der Waals surface area (Å²) < 4.78 is 15.5. The number of nitrogens with zero attached hydrogens (tertiary/aromatic N) is 3. The molecule has 0 fully saturated rings. The SMILES string of the molecule is NCC(=O)N(Cc1cccnc1)c1cc(F)cc(-c2nc3ccccc3s2)c1. The summed E-state index contributed by atoms with van der Waals surface area (Å²) in [5, 5.41) is 0.698. The van der Waals surface area contributed by atoms with E-state index in [-0.39, 0.29) is 19.0 Å². The number of hydrogen-bond acceptors (Lipinski definition) is 5. The molecule has 2 N–H and O–H groups in total. The second-order valence-corrected chi connectivity index (χ2v) is 7.26. The van der Waals surface area contributed by atoms with Gasteiger partial charge in [0.25, 0.3) is 0 Å². The Labute approximate surface area is 165 Å². The molecule has 2 aromatic carbocycles. The summed E-state index contributed by atoms with van der Waals surface area (Å²) >= 11 is 1.48. The van der Waals surface area contributed by atoms with E-state index in [4.69, 9.17) is 5.73 Å². The molecular formula is C21H17FN4OS. The summed E-state index contributed by atoms with van der Waals surface area (Å²) in [6, 6.07) is 15.9. The molecule has 0 spiro atoms. The number of aromatic nitrogens is 2. The maximum absolute atomic E-state index is 14.4. The Bertz CT molecular complexity index is 1100. The highest BCUT2D eigenvalue weighted by molar-refractivity contribution is 7.21. The van der Waals surface area contributed by atoms with Gasteiger partial charge in [-0.1, -0.05) is 18.2 Å². The Morgan fingerprint density at radius 1 is 1.14 bits per heavy atom. The Balaban J connectivity index is 1.75. The van der Waals surface area contributed by atoms with E-state index >= 15 is 0 Å². The number of hydrogen-bond donors (Lipinski definition) is 1. The molecule has 0 atom stereocenters. The number of para-hydroxylation sites is 1. The zero-order valence-electron chi connectivity index (χ0n) is 14.9. The molecule has 0 aliphatic carbocycles. The Hall–Kier alpha value is -3.16. The van der Waals surface area contributed by atoms with Crippen LogP contribution in [-0.2, 0) is 11.3 Å². The molecule has 28 heavy (non-hydrogen) atoms. The van der Waals surface area contributed by atoms with Gasteiger partial charge in [-0.3, -0.25) is 9.78 Å². The summed E-state index contributed by atoms with van der Waals surface area (Å²) in [5.41, 5.74) is 8.34. The Kier molecular flexibility index (Phi) is 5.10. The van der Waals surface area contributed by atoms with Gasteiger partial charge in [0.1, 0.15) is 10.8 Å². The summed E-state index contributed by atoms with van der Waals surface area (Å²) in [6.07, 6.45) is 3.33. The van der Waals surface area contributed by atoms with E-state index in [0.717, 1.165) is 15.8 Å². The highest BCUT2D eigenvalue weighted by Gasteiger charge is 2.18. The summed E-state index contributed by atoms with van der Waals surface area (Å²) in [5.74, 6) is -0.738. The molecule has 4 aromatic rings. The number of pyridine rings is 1. The van der Waals surface area contributed by atoms with Crippen LogP contribution in [0.5, 0.6) is 0 Å². The lowest BCUT2D eigenvalue weighted by atomic mass is 10.1. The molecule has 0 radical (unpaired) electrons. The van der Waals surface area contributed by atoms with Crippen LogP contribution in [0.2, 0.25) is 0 Å². The first kappa shape index (κ1) is 18.2. The minimum atomic E-state index is -0.437. The third-order valence-electron chi connectivity index (χ3n) is 4.27. The van der Waals surface area contributed by atoms with Crippen LogP contribution in [0.4, 0.5) is 10.1 Å². The fraction of sp³-hybridized carbons (Fsp3) is 0.0952. The van der Waals surface area contributed by atoms with E-state index in [9.17, 15) is 9.18 Å². The fourth-order valence-electron chi connectivity index (χ4n) is 2.96. The van der Waals surface area contributed by atoms with E-state index in [1.807, 2.05) is 30.3 Å². The van der Waals surface area contributed by atoms with E-state index in [0.29, 0.717) is 16.3 Å². The van der Waals surface area contributed by atoms with Crippen molar-refractivity contribution in [3.05, 3.63) is 78.4 Å². The number of nitrogens with two attached hydrogens (primary N) is 1. The molecule has 2 aromatic heterocycles. The fourth-order valence-corrected chi connectivity index (χ4v) is 3.91. The van der Waals surface area contributed by atoms with Gasteiger partial charge in [-0.05, 0) is 42.0 Å². The van der Waals surface area contributed by atoms with E-state index in [1.54, 1.807) is 24.5 Å². The number of carbonyl (C=O) groups excluding carboxylic acids is 1. The minimum absolute atomic E-state index is 0.173. The maximum atomic E-state index is 14.4. The van der Waals surface area contributed by atoms with Crippen LogP contribution in [0.3, 0.4) is 0 Å². The van der Waals surface area contributed by atoms with Crippen molar-refractivity contribution in [1.82, 2.24) is 9.97 Å². The van der Waals surface area contributed by atoms with E-state index in [1.165, 1.54) is 28.4 Å². The lowest BCUT2D eigenvalue weighted by Gasteiger charge is -2.23. The van der Waals surface area contributed by atoms with Crippen LogP contribution in [0.15, 0.2) is 67.0 Å². The van der Waals surface area contributed by atoms with Crippen LogP contribution in [0.25, 0.3) is 20.8 Å². The van der Waals surface area contributed by atoms with Gasteiger partial charge in [0.2, 0.25) is 5.91 Å². The van der Waals surface area contributed by atoms with Gasteiger partial charge in [0, 0.05) is 23.6 Å². The van der Waals surface area contributed by atoms with Crippen molar-refractivity contribution in [2.24, 2.45) is 5.73 Å². The first-order valence-corrected chi connectivity index (χ1v) is 9.51. The molecule has 7 heteroatoms. The van der Waals surface area contributed by atoms with Gasteiger partial charge in [0.05, 0.1) is 23.3 Å². The molecule has 4 rings (SSSR count). The number of rotatable bonds is 5. The smallest absolute Gasteiger partial charge is 0.241 e. The zero-order valence-corrected chi connectivity index (χ0v) is 15.7. The average Bonchev–Trinajstić information content (AvgIpc) is 3.16. The molecule has 140 valence electrons. The topological polar surface area (TPSA) is 72.1 Å². The van der Waals surface area contributed by atoms with E-state index in [2.05, 4.69) is 9.97 Å². The predicted octanol–water partition coefficient (Wildman–Crippen LogP) is 3.99. The first-order chi connectivity index (χ1) is 13.6. The molecule has 0 aliphatic rings. The Morgan fingerprint density at radius 3 is 2.75 bits per heavy atom. The lowest BCUT2D eigenvalue weighted by molar-refractivity contribution is -0.117. The van der Waals surface area contributed by atoms with E-state index < -0.39 is 5.82 Å². The predicted molar refractivity (Wildman–Crippen MR) is 109 cm³/mol. The molecule has 0 saturated carbocycles. The highest BCUT2D eigenvalue weighted by Crippen LogP contribution is 2.33. The van der Waals surface area contributed by atoms with Crippen molar-refractivity contribution in [2.45, 2.75) is 6.54 Å². The van der Waals surface area contributed by atoms with Crippen LogP contribution < -0.4 is 10.6 Å². The molecule has 0 aliphatic heterocycles. The lowest BCUT2D eigenvalue weighted by Crippen LogP contribution is -2.35. The largest absolute Gasteiger partial charge is 0.322 e. The quantitative estimate of drug-likeness (QED) is 0.557. The van der Waals surface area contributed by atoms with Crippen LogP contribution >= 0.6 is 11.3 Å². The second kappa shape index (κ2) is 7.84. The molecule has 5 nitrogen and oxygen atoms in total. The molecule has 0 saturated heterocycles. The first-order valence-electron chi connectivity index (χ1n) is 8.70. The third-order valence-corrected chi connectivity index (χ3v) is 5.36. The number of fused-ring (bicyclic) bond motifs is 1. The zero-order chi connectivity index (χ0) is 19.5. The molecule has 0 bridgehead atoms.